The van der Waals surface area contributed by atoms with Gasteiger partial charge in [-0.25, -0.2) is 4.98 Å². The summed E-state index contributed by atoms with van der Waals surface area (Å²) < 4.78 is 4.37. The van der Waals surface area contributed by atoms with Crippen LogP contribution < -0.4 is 0 Å². The van der Waals surface area contributed by atoms with Gasteiger partial charge in [-0.1, -0.05) is 32.0 Å². The minimum Gasteiger partial charge on any atom is -0.256 e. The highest BCUT2D eigenvalue weighted by atomic mass is 32.1. The van der Waals surface area contributed by atoms with Gasteiger partial charge in [-0.3, -0.25) is 4.98 Å². The highest BCUT2D eigenvalue weighted by Gasteiger charge is 2.13. The summed E-state index contributed by atoms with van der Waals surface area (Å²) >= 11 is 1.38. The lowest BCUT2D eigenvalue weighted by molar-refractivity contribution is 0.867. The van der Waals surface area contributed by atoms with Crippen molar-refractivity contribution in [3.63, 3.8) is 0 Å². The summed E-state index contributed by atoms with van der Waals surface area (Å²) in [5.41, 5.74) is 6.21. The van der Waals surface area contributed by atoms with Gasteiger partial charge in [0.15, 0.2) is 5.82 Å². The monoisotopic (exact) mass is 281 g/mol. The molecular weight excluding hydrogens is 266 g/mol. The van der Waals surface area contributed by atoms with Crippen LogP contribution in [0.1, 0.15) is 25.3 Å². The number of pyridine rings is 1. The summed E-state index contributed by atoms with van der Waals surface area (Å²) in [5, 5.41) is 0. The van der Waals surface area contributed by atoms with E-state index >= 15 is 0 Å². The number of hydrogen-bond donors (Lipinski definition) is 0. The van der Waals surface area contributed by atoms with Crippen LogP contribution in [0.2, 0.25) is 0 Å². The molecule has 0 unspecified atom stereocenters. The molecule has 0 saturated heterocycles. The quantitative estimate of drug-likeness (QED) is 0.714. The Hall–Kier alpha value is -2.07. The van der Waals surface area contributed by atoms with Gasteiger partial charge in [0.2, 0.25) is 0 Å². The normalized spacial score (nSPS) is 10.9. The van der Waals surface area contributed by atoms with Crippen LogP contribution in [-0.4, -0.2) is 14.3 Å². The molecule has 4 heteroatoms. The molecule has 0 N–H and O–H groups in total. The first-order valence-electron chi connectivity index (χ1n) is 6.58. The standard InChI is InChI=1S/C16H15N3S/c1-11(2)13-7-6-12(15-5-3-4-8-17-15)9-14(13)16-18-10-20-19-16/h3-11H,1-2H3. The SMILES string of the molecule is CC(C)c1ccc(-c2ccccn2)cc1-c1ncsn1. The predicted octanol–water partition coefficient (Wildman–Crippen LogP) is 4.39. The van der Waals surface area contributed by atoms with Crippen molar-refractivity contribution in [3.05, 3.63) is 53.7 Å². The van der Waals surface area contributed by atoms with Crippen molar-refractivity contribution in [2.45, 2.75) is 19.8 Å². The number of hydrogen-bond acceptors (Lipinski definition) is 4. The van der Waals surface area contributed by atoms with Gasteiger partial charge in [-0.05, 0) is 41.2 Å². The molecule has 0 amide bonds. The zero-order chi connectivity index (χ0) is 13.9. The van der Waals surface area contributed by atoms with Crippen molar-refractivity contribution in [1.29, 1.82) is 0 Å². The molecule has 1 aromatic carbocycles. The molecule has 0 saturated carbocycles. The highest BCUT2D eigenvalue weighted by molar-refractivity contribution is 7.03. The maximum Gasteiger partial charge on any atom is 0.173 e. The molecule has 0 bridgehead atoms. The lowest BCUT2D eigenvalue weighted by Crippen LogP contribution is -1.95. The van der Waals surface area contributed by atoms with Crippen LogP contribution in [0.4, 0.5) is 0 Å². The average molecular weight is 281 g/mol. The molecule has 100 valence electrons. The Morgan fingerprint density at radius 1 is 1.05 bits per heavy atom. The molecule has 0 atom stereocenters. The van der Waals surface area contributed by atoms with Gasteiger partial charge in [0, 0.05) is 17.3 Å². The molecule has 0 radical (unpaired) electrons. The van der Waals surface area contributed by atoms with Crippen LogP contribution in [0.25, 0.3) is 22.6 Å². The Labute approximate surface area is 122 Å². The van der Waals surface area contributed by atoms with Crippen molar-refractivity contribution in [1.82, 2.24) is 14.3 Å². The van der Waals surface area contributed by atoms with E-state index in [-0.39, 0.29) is 0 Å². The van der Waals surface area contributed by atoms with Gasteiger partial charge < -0.3 is 0 Å². The summed E-state index contributed by atoms with van der Waals surface area (Å²) in [6.07, 6.45) is 1.81. The van der Waals surface area contributed by atoms with E-state index in [0.29, 0.717) is 5.92 Å². The van der Waals surface area contributed by atoms with E-state index in [1.54, 1.807) is 5.51 Å². The minimum absolute atomic E-state index is 0.436. The molecule has 3 rings (SSSR count). The zero-order valence-corrected chi connectivity index (χ0v) is 12.3. The molecule has 0 fully saturated rings. The van der Waals surface area contributed by atoms with Crippen LogP contribution in [0.15, 0.2) is 48.1 Å². The second kappa shape index (κ2) is 5.51. The van der Waals surface area contributed by atoms with Crippen molar-refractivity contribution < 1.29 is 0 Å². The van der Waals surface area contributed by atoms with Crippen LogP contribution in [-0.2, 0) is 0 Å². The first-order chi connectivity index (χ1) is 9.75. The Morgan fingerprint density at radius 2 is 1.95 bits per heavy atom. The van der Waals surface area contributed by atoms with Crippen LogP contribution in [0.3, 0.4) is 0 Å². The van der Waals surface area contributed by atoms with Gasteiger partial charge in [-0.2, -0.15) is 4.37 Å². The summed E-state index contributed by atoms with van der Waals surface area (Å²) in [6, 6.07) is 12.4. The molecule has 0 aliphatic heterocycles. The maximum absolute atomic E-state index is 4.41. The molecule has 0 spiro atoms. The van der Waals surface area contributed by atoms with Gasteiger partial charge in [0.25, 0.3) is 0 Å². The summed E-state index contributed by atoms with van der Waals surface area (Å²) in [7, 11) is 0. The molecule has 3 aromatic rings. The van der Waals surface area contributed by atoms with Gasteiger partial charge >= 0.3 is 0 Å². The molecule has 2 aromatic heterocycles. The number of nitrogens with zero attached hydrogens (tertiary/aromatic N) is 3. The third-order valence-electron chi connectivity index (χ3n) is 3.24. The Kier molecular flexibility index (Phi) is 3.56. The summed E-state index contributed by atoms with van der Waals surface area (Å²) in [6.45, 7) is 4.37. The fourth-order valence-corrected chi connectivity index (χ4v) is 2.67. The smallest absolute Gasteiger partial charge is 0.173 e. The third-order valence-corrected chi connectivity index (χ3v) is 3.72. The number of benzene rings is 1. The van der Waals surface area contributed by atoms with Crippen LogP contribution >= 0.6 is 11.5 Å². The molecule has 3 nitrogen and oxygen atoms in total. The zero-order valence-electron chi connectivity index (χ0n) is 11.4. The minimum atomic E-state index is 0.436. The predicted molar refractivity (Wildman–Crippen MR) is 82.7 cm³/mol. The largest absolute Gasteiger partial charge is 0.256 e. The second-order valence-corrected chi connectivity index (χ2v) is 5.53. The van der Waals surface area contributed by atoms with E-state index in [4.69, 9.17) is 0 Å². The molecule has 0 aliphatic rings. The summed E-state index contributed by atoms with van der Waals surface area (Å²) in [5.74, 6) is 1.24. The van der Waals surface area contributed by atoms with E-state index in [0.717, 1.165) is 22.6 Å². The van der Waals surface area contributed by atoms with Crippen molar-refractivity contribution >= 4 is 11.5 Å². The fourth-order valence-electron chi connectivity index (χ4n) is 2.24. The Morgan fingerprint density at radius 3 is 2.60 bits per heavy atom. The molecule has 0 aliphatic carbocycles. The van der Waals surface area contributed by atoms with E-state index in [9.17, 15) is 0 Å². The topological polar surface area (TPSA) is 38.7 Å². The maximum atomic E-state index is 4.41. The Bertz CT molecular complexity index is 691. The highest BCUT2D eigenvalue weighted by Crippen LogP contribution is 2.31. The van der Waals surface area contributed by atoms with E-state index in [1.807, 2.05) is 24.4 Å². The van der Waals surface area contributed by atoms with Gasteiger partial charge in [-0.15, -0.1) is 0 Å². The van der Waals surface area contributed by atoms with Gasteiger partial charge in [0.1, 0.15) is 5.51 Å². The molecule has 20 heavy (non-hydrogen) atoms. The van der Waals surface area contributed by atoms with Gasteiger partial charge in [0.05, 0.1) is 5.69 Å². The van der Waals surface area contributed by atoms with Crippen molar-refractivity contribution in [2.75, 3.05) is 0 Å². The molecular formula is C16H15N3S. The lowest BCUT2D eigenvalue weighted by atomic mass is 9.94. The van der Waals surface area contributed by atoms with Crippen LogP contribution in [0.5, 0.6) is 0 Å². The fraction of sp³-hybridized carbons (Fsp3) is 0.188. The number of aromatic nitrogens is 3. The average Bonchev–Trinajstić information content (AvgIpc) is 3.01. The Balaban J connectivity index is 2.15. The number of rotatable bonds is 3. The molecule has 2 heterocycles. The van der Waals surface area contributed by atoms with Crippen LogP contribution in [0, 0.1) is 0 Å². The van der Waals surface area contributed by atoms with E-state index < -0.39 is 0 Å². The van der Waals surface area contributed by atoms with E-state index in [2.05, 4.69) is 46.4 Å². The first-order valence-corrected chi connectivity index (χ1v) is 7.41. The second-order valence-electron chi connectivity index (χ2n) is 4.93. The van der Waals surface area contributed by atoms with E-state index in [1.165, 1.54) is 17.1 Å². The third kappa shape index (κ3) is 2.47. The van der Waals surface area contributed by atoms with Crippen molar-refractivity contribution in [3.8, 4) is 22.6 Å². The first kappa shape index (κ1) is 12.9. The van der Waals surface area contributed by atoms with Crippen molar-refractivity contribution in [2.24, 2.45) is 0 Å². The summed E-state index contributed by atoms with van der Waals surface area (Å²) in [4.78, 5) is 8.76. The lowest BCUT2D eigenvalue weighted by Gasteiger charge is -2.12.